The second-order valence-electron chi connectivity index (χ2n) is 6.85. The fraction of sp³-hybridized carbons (Fsp3) is 0.350. The van der Waals surface area contributed by atoms with Crippen molar-refractivity contribution in [2.45, 2.75) is 19.4 Å². The van der Waals surface area contributed by atoms with Gasteiger partial charge in [0.2, 0.25) is 6.79 Å². The monoisotopic (exact) mass is 393 g/mol. The molecule has 0 bridgehead atoms. The fourth-order valence-corrected chi connectivity index (χ4v) is 3.92. The Kier molecular flexibility index (Phi) is 5.02. The zero-order valence-electron chi connectivity index (χ0n) is 14.5. The highest BCUT2D eigenvalue weighted by molar-refractivity contribution is 6.32. The first-order valence-corrected chi connectivity index (χ1v) is 9.18. The van der Waals surface area contributed by atoms with E-state index >= 15 is 0 Å². The van der Waals surface area contributed by atoms with Crippen LogP contribution in [0.25, 0.3) is 0 Å². The number of nitrogens with zero attached hydrogens (tertiary/aromatic N) is 1. The van der Waals surface area contributed by atoms with E-state index in [1.54, 1.807) is 0 Å². The topological polar surface area (TPSA) is 38.8 Å². The van der Waals surface area contributed by atoms with Crippen LogP contribution >= 0.6 is 11.6 Å². The van der Waals surface area contributed by atoms with Gasteiger partial charge in [0.05, 0.1) is 10.6 Å². The maximum absolute atomic E-state index is 13.9. The van der Waals surface area contributed by atoms with Gasteiger partial charge in [0, 0.05) is 12.5 Å². The van der Waals surface area contributed by atoms with Gasteiger partial charge in [-0.1, -0.05) is 11.6 Å². The van der Waals surface area contributed by atoms with Gasteiger partial charge in [-0.15, -0.1) is 0 Å². The Morgan fingerprint density at radius 3 is 2.70 bits per heavy atom. The predicted octanol–water partition coefficient (Wildman–Crippen LogP) is 4.44. The highest BCUT2D eigenvalue weighted by atomic mass is 35.5. The molecule has 2 aromatic carbocycles. The van der Waals surface area contributed by atoms with Gasteiger partial charge in [-0.25, -0.2) is 8.78 Å². The minimum Gasteiger partial charge on any atom is -0.454 e. The van der Waals surface area contributed by atoms with Crippen LogP contribution in [0.2, 0.25) is 5.02 Å². The SMILES string of the molecule is O=C(c1cc(F)ccc1F)C1CCN(Cc2cc(Cl)c3c(c2)OCO3)CC1. The van der Waals surface area contributed by atoms with E-state index in [0.717, 1.165) is 23.8 Å². The first-order chi connectivity index (χ1) is 13.0. The van der Waals surface area contributed by atoms with E-state index < -0.39 is 11.6 Å². The quantitative estimate of drug-likeness (QED) is 0.720. The molecule has 0 saturated carbocycles. The van der Waals surface area contributed by atoms with Crippen LogP contribution in [0.5, 0.6) is 11.5 Å². The van der Waals surface area contributed by atoms with E-state index in [9.17, 15) is 13.6 Å². The number of fused-ring (bicyclic) bond motifs is 1. The lowest BCUT2D eigenvalue weighted by Crippen LogP contribution is -2.36. The average Bonchev–Trinajstić information content (AvgIpc) is 3.13. The molecule has 7 heteroatoms. The Balaban J connectivity index is 1.39. The van der Waals surface area contributed by atoms with Gasteiger partial charge in [0.1, 0.15) is 11.6 Å². The van der Waals surface area contributed by atoms with Crippen molar-refractivity contribution < 1.29 is 23.0 Å². The number of halogens is 3. The zero-order chi connectivity index (χ0) is 19.0. The number of ether oxygens (including phenoxy) is 2. The molecule has 0 spiro atoms. The second kappa shape index (κ2) is 7.44. The summed E-state index contributed by atoms with van der Waals surface area (Å²) in [5.41, 5.74) is 0.848. The summed E-state index contributed by atoms with van der Waals surface area (Å²) in [6.07, 6.45) is 1.21. The van der Waals surface area contributed by atoms with Gasteiger partial charge < -0.3 is 9.47 Å². The van der Waals surface area contributed by atoms with E-state index in [0.29, 0.717) is 49.0 Å². The van der Waals surface area contributed by atoms with E-state index in [1.807, 2.05) is 12.1 Å². The van der Waals surface area contributed by atoms with Crippen LogP contribution in [0.3, 0.4) is 0 Å². The van der Waals surface area contributed by atoms with Crippen molar-refractivity contribution in [1.82, 2.24) is 4.90 Å². The second-order valence-corrected chi connectivity index (χ2v) is 7.26. The summed E-state index contributed by atoms with van der Waals surface area (Å²) in [6.45, 7) is 2.23. The lowest BCUT2D eigenvalue weighted by atomic mass is 9.88. The van der Waals surface area contributed by atoms with Gasteiger partial charge in [0.15, 0.2) is 17.3 Å². The van der Waals surface area contributed by atoms with Crippen molar-refractivity contribution >= 4 is 17.4 Å². The molecular formula is C20H18ClF2NO3. The minimum atomic E-state index is -0.668. The van der Waals surface area contributed by atoms with Crippen LogP contribution in [-0.2, 0) is 6.54 Å². The molecule has 4 nitrogen and oxygen atoms in total. The Morgan fingerprint density at radius 2 is 1.93 bits per heavy atom. The summed E-state index contributed by atoms with van der Waals surface area (Å²) < 4.78 is 37.9. The van der Waals surface area contributed by atoms with Gasteiger partial charge >= 0.3 is 0 Å². The highest BCUT2D eigenvalue weighted by Gasteiger charge is 2.28. The largest absolute Gasteiger partial charge is 0.454 e. The minimum absolute atomic E-state index is 0.156. The molecule has 0 radical (unpaired) electrons. The van der Waals surface area contributed by atoms with Crippen molar-refractivity contribution in [3.05, 3.63) is 58.1 Å². The van der Waals surface area contributed by atoms with Crippen LogP contribution in [-0.4, -0.2) is 30.6 Å². The van der Waals surface area contributed by atoms with E-state index in [1.165, 1.54) is 0 Å². The Labute approximate surface area is 160 Å². The maximum atomic E-state index is 13.9. The summed E-state index contributed by atoms with van der Waals surface area (Å²) in [4.78, 5) is 14.7. The molecule has 1 fully saturated rings. The first kappa shape index (κ1) is 18.2. The molecule has 142 valence electrons. The number of Topliss-reactive ketones (excluding diaryl/α,β-unsaturated/α-hetero) is 1. The molecular weight excluding hydrogens is 376 g/mol. The zero-order valence-corrected chi connectivity index (χ0v) is 15.3. The standard InChI is InChI=1S/C20H18ClF2NO3/c21-16-7-12(8-18-20(16)27-11-26-18)10-24-5-3-13(4-6-24)19(25)15-9-14(22)1-2-17(15)23/h1-2,7-9,13H,3-6,10-11H2. The molecule has 0 atom stereocenters. The summed E-state index contributed by atoms with van der Waals surface area (Å²) in [6, 6.07) is 6.77. The van der Waals surface area contributed by atoms with Crippen LogP contribution in [0.4, 0.5) is 8.78 Å². The predicted molar refractivity (Wildman–Crippen MR) is 96.3 cm³/mol. The fourth-order valence-electron chi connectivity index (χ4n) is 3.63. The molecule has 2 heterocycles. The molecule has 2 aromatic rings. The molecule has 0 unspecified atom stereocenters. The van der Waals surface area contributed by atoms with Crippen molar-refractivity contribution in [2.75, 3.05) is 19.9 Å². The lowest BCUT2D eigenvalue weighted by Gasteiger charge is -2.31. The summed E-state index contributed by atoms with van der Waals surface area (Å²) in [7, 11) is 0. The third-order valence-corrected chi connectivity index (χ3v) is 5.33. The van der Waals surface area contributed by atoms with Gasteiger partial charge in [-0.3, -0.25) is 9.69 Å². The molecule has 4 rings (SSSR count). The molecule has 0 amide bonds. The van der Waals surface area contributed by atoms with Gasteiger partial charge in [-0.05, 0) is 61.8 Å². The van der Waals surface area contributed by atoms with E-state index in [2.05, 4.69) is 4.90 Å². The number of ketones is 1. The van der Waals surface area contributed by atoms with Crippen molar-refractivity contribution in [2.24, 2.45) is 5.92 Å². The number of benzene rings is 2. The number of rotatable bonds is 4. The van der Waals surface area contributed by atoms with Crippen LogP contribution < -0.4 is 9.47 Å². The average molecular weight is 394 g/mol. The van der Waals surface area contributed by atoms with Crippen molar-refractivity contribution in [1.29, 1.82) is 0 Å². The molecule has 2 aliphatic rings. The summed E-state index contributed by atoms with van der Waals surface area (Å²) in [5, 5.41) is 0.520. The third-order valence-electron chi connectivity index (χ3n) is 5.05. The number of hydrogen-bond donors (Lipinski definition) is 0. The third kappa shape index (κ3) is 3.77. The molecule has 0 aliphatic carbocycles. The van der Waals surface area contributed by atoms with Crippen molar-refractivity contribution in [3.8, 4) is 11.5 Å². The number of hydrogen-bond acceptors (Lipinski definition) is 4. The van der Waals surface area contributed by atoms with Crippen molar-refractivity contribution in [3.63, 3.8) is 0 Å². The Morgan fingerprint density at radius 1 is 1.15 bits per heavy atom. The smallest absolute Gasteiger partial charge is 0.231 e. The Bertz CT molecular complexity index is 882. The molecule has 2 aliphatic heterocycles. The molecule has 27 heavy (non-hydrogen) atoms. The number of likely N-dealkylation sites (tertiary alicyclic amines) is 1. The lowest BCUT2D eigenvalue weighted by molar-refractivity contribution is 0.0830. The Hall–Kier alpha value is -2.18. The maximum Gasteiger partial charge on any atom is 0.231 e. The summed E-state index contributed by atoms with van der Waals surface area (Å²) in [5.74, 6) is -0.669. The van der Waals surface area contributed by atoms with Gasteiger partial charge in [0.25, 0.3) is 0 Å². The van der Waals surface area contributed by atoms with Gasteiger partial charge in [-0.2, -0.15) is 0 Å². The highest BCUT2D eigenvalue weighted by Crippen LogP contribution is 2.40. The summed E-state index contributed by atoms with van der Waals surface area (Å²) >= 11 is 6.22. The number of carbonyl (C=O) groups excluding carboxylic acids is 1. The van der Waals surface area contributed by atoms with E-state index in [4.69, 9.17) is 21.1 Å². The normalized spacial score (nSPS) is 17.3. The molecule has 1 saturated heterocycles. The number of piperidine rings is 1. The van der Waals surface area contributed by atoms with Crippen LogP contribution in [0.1, 0.15) is 28.8 Å². The van der Waals surface area contributed by atoms with E-state index in [-0.39, 0.29) is 24.1 Å². The molecule has 0 N–H and O–H groups in total. The van der Waals surface area contributed by atoms with Crippen LogP contribution in [0, 0.1) is 17.6 Å². The first-order valence-electron chi connectivity index (χ1n) is 8.81. The number of carbonyl (C=O) groups is 1. The van der Waals surface area contributed by atoms with Crippen LogP contribution in [0.15, 0.2) is 30.3 Å². The molecule has 0 aromatic heterocycles.